The number of alkyl halides is 1. The standard InChI is InChI=1S/C12H8BrN3/c13-5-9-1-3-10(4-2-9)11-7-15-8-16-12(11)6-14/h1-4,7-8H,5H2. The van der Waals surface area contributed by atoms with Crippen LogP contribution in [0.5, 0.6) is 0 Å². The third-order valence-corrected chi connectivity index (χ3v) is 2.88. The molecule has 0 saturated heterocycles. The fourth-order valence-electron chi connectivity index (χ4n) is 1.40. The van der Waals surface area contributed by atoms with Crippen LogP contribution in [-0.4, -0.2) is 9.97 Å². The van der Waals surface area contributed by atoms with Crippen molar-refractivity contribution in [3.8, 4) is 17.2 Å². The van der Waals surface area contributed by atoms with Crippen LogP contribution in [0.4, 0.5) is 0 Å². The van der Waals surface area contributed by atoms with Gasteiger partial charge in [0.05, 0.1) is 0 Å². The van der Waals surface area contributed by atoms with E-state index in [-0.39, 0.29) is 0 Å². The van der Waals surface area contributed by atoms with Crippen molar-refractivity contribution < 1.29 is 0 Å². The number of nitrogens with zero attached hydrogens (tertiary/aromatic N) is 3. The second-order valence-corrected chi connectivity index (χ2v) is 3.79. The van der Waals surface area contributed by atoms with Crippen LogP contribution in [0.25, 0.3) is 11.1 Å². The Morgan fingerprint density at radius 3 is 2.62 bits per heavy atom. The molecule has 1 aromatic carbocycles. The van der Waals surface area contributed by atoms with E-state index in [9.17, 15) is 0 Å². The Morgan fingerprint density at radius 1 is 1.25 bits per heavy atom. The number of aromatic nitrogens is 2. The van der Waals surface area contributed by atoms with Gasteiger partial charge in [0.2, 0.25) is 0 Å². The first-order chi connectivity index (χ1) is 7.85. The molecule has 1 heterocycles. The van der Waals surface area contributed by atoms with Crippen molar-refractivity contribution in [3.63, 3.8) is 0 Å². The summed E-state index contributed by atoms with van der Waals surface area (Å²) in [6, 6.07) is 10.0. The topological polar surface area (TPSA) is 49.6 Å². The molecule has 1 aromatic heterocycles. The molecular weight excluding hydrogens is 266 g/mol. The van der Waals surface area contributed by atoms with Crippen LogP contribution in [0.3, 0.4) is 0 Å². The summed E-state index contributed by atoms with van der Waals surface area (Å²) < 4.78 is 0. The summed E-state index contributed by atoms with van der Waals surface area (Å²) in [6.07, 6.45) is 3.05. The number of nitriles is 1. The first kappa shape index (κ1) is 10.8. The zero-order valence-electron chi connectivity index (χ0n) is 8.39. The Morgan fingerprint density at radius 2 is 2.00 bits per heavy atom. The molecule has 0 N–H and O–H groups in total. The van der Waals surface area contributed by atoms with Gasteiger partial charge in [-0.2, -0.15) is 5.26 Å². The number of rotatable bonds is 2. The highest BCUT2D eigenvalue weighted by atomic mass is 79.9. The largest absolute Gasteiger partial charge is 0.244 e. The van der Waals surface area contributed by atoms with Gasteiger partial charge in [-0.05, 0) is 11.1 Å². The van der Waals surface area contributed by atoms with Gasteiger partial charge in [-0.3, -0.25) is 0 Å². The molecule has 78 valence electrons. The number of benzene rings is 1. The van der Waals surface area contributed by atoms with E-state index in [2.05, 4.69) is 32.0 Å². The van der Waals surface area contributed by atoms with Gasteiger partial charge >= 0.3 is 0 Å². The van der Waals surface area contributed by atoms with Crippen molar-refractivity contribution in [1.29, 1.82) is 5.26 Å². The van der Waals surface area contributed by atoms with Gasteiger partial charge in [-0.1, -0.05) is 40.2 Å². The summed E-state index contributed by atoms with van der Waals surface area (Å²) in [5.74, 6) is 0. The van der Waals surface area contributed by atoms with Gasteiger partial charge < -0.3 is 0 Å². The molecule has 0 bridgehead atoms. The number of hydrogen-bond acceptors (Lipinski definition) is 3. The van der Waals surface area contributed by atoms with E-state index >= 15 is 0 Å². The number of halogens is 1. The van der Waals surface area contributed by atoms with Gasteiger partial charge in [-0.15, -0.1) is 0 Å². The van der Waals surface area contributed by atoms with Crippen molar-refractivity contribution in [3.05, 3.63) is 48.0 Å². The molecule has 2 aromatic rings. The van der Waals surface area contributed by atoms with Crippen LogP contribution in [0.15, 0.2) is 36.8 Å². The predicted molar refractivity (Wildman–Crippen MR) is 64.8 cm³/mol. The Balaban J connectivity index is 2.47. The molecule has 0 atom stereocenters. The molecule has 0 fully saturated rings. The highest BCUT2D eigenvalue weighted by Gasteiger charge is 2.05. The van der Waals surface area contributed by atoms with Crippen molar-refractivity contribution in [1.82, 2.24) is 9.97 Å². The highest BCUT2D eigenvalue weighted by Crippen LogP contribution is 2.21. The Bertz CT molecular complexity index is 529. The quantitative estimate of drug-likeness (QED) is 0.791. The summed E-state index contributed by atoms with van der Waals surface area (Å²) in [4.78, 5) is 7.88. The third kappa shape index (κ3) is 2.10. The fraction of sp³-hybridized carbons (Fsp3) is 0.0833. The van der Waals surface area contributed by atoms with Gasteiger partial charge in [-0.25, -0.2) is 9.97 Å². The van der Waals surface area contributed by atoms with Crippen LogP contribution >= 0.6 is 15.9 Å². The summed E-state index contributed by atoms with van der Waals surface area (Å²) in [6.45, 7) is 0. The van der Waals surface area contributed by atoms with E-state index in [1.54, 1.807) is 6.20 Å². The van der Waals surface area contributed by atoms with Crippen LogP contribution in [-0.2, 0) is 5.33 Å². The molecule has 4 heteroatoms. The summed E-state index contributed by atoms with van der Waals surface area (Å²) in [5, 5.41) is 9.76. The predicted octanol–water partition coefficient (Wildman–Crippen LogP) is 2.91. The maximum absolute atomic E-state index is 8.93. The van der Waals surface area contributed by atoms with Gasteiger partial charge in [0.15, 0.2) is 5.69 Å². The molecule has 0 radical (unpaired) electrons. The minimum atomic E-state index is 0.404. The zero-order valence-corrected chi connectivity index (χ0v) is 9.98. The zero-order chi connectivity index (χ0) is 11.4. The minimum absolute atomic E-state index is 0.404. The second-order valence-electron chi connectivity index (χ2n) is 3.23. The Labute approximate surface area is 102 Å². The lowest BCUT2D eigenvalue weighted by Gasteiger charge is -2.03. The maximum atomic E-state index is 8.93. The van der Waals surface area contributed by atoms with Crippen molar-refractivity contribution in [2.45, 2.75) is 5.33 Å². The lowest BCUT2D eigenvalue weighted by atomic mass is 10.0. The molecule has 0 spiro atoms. The van der Waals surface area contributed by atoms with Gasteiger partial charge in [0.25, 0.3) is 0 Å². The fourth-order valence-corrected chi connectivity index (χ4v) is 1.78. The second kappa shape index (κ2) is 4.86. The summed E-state index contributed by atoms with van der Waals surface area (Å²) in [5.41, 5.74) is 3.33. The average Bonchev–Trinajstić information content (AvgIpc) is 2.39. The van der Waals surface area contributed by atoms with Crippen molar-refractivity contribution in [2.24, 2.45) is 0 Å². The van der Waals surface area contributed by atoms with Gasteiger partial charge in [0, 0.05) is 17.1 Å². The van der Waals surface area contributed by atoms with Crippen molar-refractivity contribution in [2.75, 3.05) is 0 Å². The van der Waals surface area contributed by atoms with E-state index in [1.165, 1.54) is 11.9 Å². The molecule has 0 aliphatic rings. The SMILES string of the molecule is N#Cc1ncncc1-c1ccc(CBr)cc1. The lowest BCUT2D eigenvalue weighted by molar-refractivity contribution is 1.14. The molecule has 0 saturated carbocycles. The van der Waals surface area contributed by atoms with Crippen LogP contribution in [0.1, 0.15) is 11.3 Å². The normalized spacial score (nSPS) is 9.75. The minimum Gasteiger partial charge on any atom is -0.244 e. The van der Waals surface area contributed by atoms with E-state index in [1.807, 2.05) is 24.3 Å². The molecule has 0 aliphatic heterocycles. The molecule has 16 heavy (non-hydrogen) atoms. The van der Waals surface area contributed by atoms with E-state index in [4.69, 9.17) is 5.26 Å². The molecule has 0 unspecified atom stereocenters. The van der Waals surface area contributed by atoms with Crippen LogP contribution in [0.2, 0.25) is 0 Å². The lowest BCUT2D eigenvalue weighted by Crippen LogP contribution is -1.90. The third-order valence-electron chi connectivity index (χ3n) is 2.24. The van der Waals surface area contributed by atoms with Crippen LogP contribution < -0.4 is 0 Å². The highest BCUT2D eigenvalue weighted by molar-refractivity contribution is 9.08. The first-order valence-electron chi connectivity index (χ1n) is 4.70. The molecule has 0 amide bonds. The molecule has 2 rings (SSSR count). The van der Waals surface area contributed by atoms with Gasteiger partial charge in [0.1, 0.15) is 12.4 Å². The maximum Gasteiger partial charge on any atom is 0.151 e. The van der Waals surface area contributed by atoms with E-state index in [0.717, 1.165) is 16.5 Å². The Kier molecular flexibility index (Phi) is 3.28. The first-order valence-corrected chi connectivity index (χ1v) is 5.82. The summed E-state index contributed by atoms with van der Waals surface area (Å²) in [7, 11) is 0. The van der Waals surface area contributed by atoms with E-state index in [0.29, 0.717) is 5.69 Å². The molecule has 3 nitrogen and oxygen atoms in total. The van der Waals surface area contributed by atoms with Crippen LogP contribution in [0, 0.1) is 11.3 Å². The molecular formula is C12H8BrN3. The Hall–Kier alpha value is -1.73. The molecule has 0 aliphatic carbocycles. The monoisotopic (exact) mass is 273 g/mol. The van der Waals surface area contributed by atoms with E-state index < -0.39 is 0 Å². The average molecular weight is 274 g/mol. The number of hydrogen-bond donors (Lipinski definition) is 0. The summed E-state index contributed by atoms with van der Waals surface area (Å²) >= 11 is 3.39. The van der Waals surface area contributed by atoms with Crippen molar-refractivity contribution >= 4 is 15.9 Å². The smallest absolute Gasteiger partial charge is 0.151 e.